The van der Waals surface area contributed by atoms with Gasteiger partial charge in [-0.2, -0.15) is 35.1 Å². The van der Waals surface area contributed by atoms with E-state index in [-0.39, 0.29) is 12.1 Å². The molecule has 0 N–H and O–H groups in total. The Balaban J connectivity index is 3.70. The topological polar surface area (TPSA) is 9.23 Å². The van der Waals surface area contributed by atoms with Crippen molar-refractivity contribution in [3.05, 3.63) is 28.8 Å². The van der Waals surface area contributed by atoms with Crippen LogP contribution in [0.5, 0.6) is 5.75 Å². The SMILES string of the molecule is FC(F)(F)Oc1cc(Cl)cc(C(F)(C(F)(F)F)C(F)(F)C(F)(F)F)c1. The molecule has 144 valence electrons. The molecule has 0 aromatic heterocycles. The number of rotatable bonds is 3. The maximum atomic E-state index is 14.1. The van der Waals surface area contributed by atoms with Crippen LogP contribution in [-0.4, -0.2) is 24.6 Å². The Labute approximate surface area is 135 Å². The highest BCUT2D eigenvalue weighted by molar-refractivity contribution is 6.30. The monoisotopic (exact) mass is 414 g/mol. The first-order valence-electron chi connectivity index (χ1n) is 5.60. The van der Waals surface area contributed by atoms with E-state index in [1.807, 2.05) is 0 Å². The molecule has 0 spiro atoms. The fourth-order valence-electron chi connectivity index (χ4n) is 1.67. The Hall–Kier alpha value is -1.53. The van der Waals surface area contributed by atoms with Crippen LogP contribution in [-0.2, 0) is 5.67 Å². The average molecular weight is 415 g/mol. The van der Waals surface area contributed by atoms with Crippen molar-refractivity contribution in [2.75, 3.05) is 0 Å². The molecule has 1 aromatic rings. The predicted octanol–water partition coefficient (Wildman–Crippen LogP) is 6.16. The molecule has 0 amide bonds. The smallest absolute Gasteiger partial charge is 0.406 e. The van der Waals surface area contributed by atoms with Gasteiger partial charge in [-0.05, 0) is 18.2 Å². The molecule has 1 nitrogen and oxygen atoms in total. The van der Waals surface area contributed by atoms with Gasteiger partial charge in [0.1, 0.15) is 5.75 Å². The highest BCUT2D eigenvalue weighted by atomic mass is 35.5. The average Bonchev–Trinajstić information content (AvgIpc) is 2.31. The van der Waals surface area contributed by atoms with Crippen LogP contribution in [0.2, 0.25) is 5.02 Å². The fourth-order valence-corrected chi connectivity index (χ4v) is 1.90. The zero-order valence-corrected chi connectivity index (χ0v) is 11.8. The largest absolute Gasteiger partial charge is 0.573 e. The molecule has 0 radical (unpaired) electrons. The molecule has 0 aliphatic carbocycles. The minimum absolute atomic E-state index is 0.140. The molecule has 1 unspecified atom stereocenters. The van der Waals surface area contributed by atoms with Gasteiger partial charge in [0.05, 0.1) is 0 Å². The van der Waals surface area contributed by atoms with Crippen LogP contribution in [0.3, 0.4) is 0 Å². The summed E-state index contributed by atoms with van der Waals surface area (Å²) in [5.41, 5.74) is -8.94. The fraction of sp³-hybridized carbons (Fsp3) is 0.455. The summed E-state index contributed by atoms with van der Waals surface area (Å²) in [7, 11) is 0. The third kappa shape index (κ3) is 4.01. The molecule has 0 fully saturated rings. The van der Waals surface area contributed by atoms with Crippen molar-refractivity contribution in [3.8, 4) is 5.75 Å². The summed E-state index contributed by atoms with van der Waals surface area (Å²) < 4.78 is 155. The van der Waals surface area contributed by atoms with Gasteiger partial charge in [0.2, 0.25) is 0 Å². The molecule has 0 heterocycles. The van der Waals surface area contributed by atoms with Crippen LogP contribution < -0.4 is 4.74 Å². The lowest BCUT2D eigenvalue weighted by Gasteiger charge is -2.36. The van der Waals surface area contributed by atoms with Gasteiger partial charge < -0.3 is 4.74 Å². The third-order valence-electron chi connectivity index (χ3n) is 2.68. The van der Waals surface area contributed by atoms with Crippen LogP contribution in [0.1, 0.15) is 5.56 Å². The van der Waals surface area contributed by atoms with Gasteiger partial charge in [0.15, 0.2) is 0 Å². The van der Waals surface area contributed by atoms with Gasteiger partial charge in [-0.25, -0.2) is 4.39 Å². The van der Waals surface area contributed by atoms with E-state index in [4.69, 9.17) is 11.6 Å². The molecular weight excluding hydrogens is 412 g/mol. The van der Waals surface area contributed by atoms with E-state index in [9.17, 15) is 52.7 Å². The lowest BCUT2D eigenvalue weighted by atomic mass is 9.87. The van der Waals surface area contributed by atoms with Crippen LogP contribution in [0.4, 0.5) is 52.7 Å². The van der Waals surface area contributed by atoms with Crippen molar-refractivity contribution < 1.29 is 57.4 Å². The van der Waals surface area contributed by atoms with Crippen LogP contribution in [0, 0.1) is 0 Å². The first-order valence-corrected chi connectivity index (χ1v) is 5.98. The van der Waals surface area contributed by atoms with E-state index in [0.29, 0.717) is 0 Å². The number of halogens is 13. The van der Waals surface area contributed by atoms with Crippen molar-refractivity contribution in [2.45, 2.75) is 30.3 Å². The quantitative estimate of drug-likeness (QED) is 0.538. The zero-order valence-electron chi connectivity index (χ0n) is 11.1. The van der Waals surface area contributed by atoms with Gasteiger partial charge >= 0.3 is 30.3 Å². The minimum atomic E-state index is -7.04. The summed E-state index contributed by atoms with van der Waals surface area (Å²) in [5, 5.41) is -1.21. The summed E-state index contributed by atoms with van der Waals surface area (Å²) in [6, 6.07) is -0.786. The van der Waals surface area contributed by atoms with Gasteiger partial charge in [0, 0.05) is 10.6 Å². The highest BCUT2D eigenvalue weighted by Crippen LogP contribution is 2.58. The molecule has 0 saturated heterocycles. The summed E-state index contributed by atoms with van der Waals surface area (Å²) in [6.07, 6.45) is -19.5. The molecule has 0 bridgehead atoms. The second kappa shape index (κ2) is 6.02. The molecule has 0 aliphatic rings. The molecule has 1 rings (SSSR count). The minimum Gasteiger partial charge on any atom is -0.406 e. The van der Waals surface area contributed by atoms with E-state index < -0.39 is 52.7 Å². The number of ether oxygens (including phenoxy) is 1. The Bertz CT molecular complexity index is 631. The van der Waals surface area contributed by atoms with E-state index in [2.05, 4.69) is 4.74 Å². The van der Waals surface area contributed by atoms with Crippen LogP contribution in [0.15, 0.2) is 18.2 Å². The Kier molecular flexibility index (Phi) is 5.18. The number of hydrogen-bond acceptors (Lipinski definition) is 1. The molecule has 0 saturated carbocycles. The van der Waals surface area contributed by atoms with Gasteiger partial charge in [-0.3, -0.25) is 0 Å². The number of hydrogen-bond donors (Lipinski definition) is 0. The molecule has 0 aliphatic heterocycles. The van der Waals surface area contributed by atoms with E-state index in [1.54, 1.807) is 0 Å². The van der Waals surface area contributed by atoms with Crippen molar-refractivity contribution >= 4 is 11.6 Å². The molecule has 1 aromatic carbocycles. The van der Waals surface area contributed by atoms with Crippen molar-refractivity contribution in [1.82, 2.24) is 0 Å². The number of alkyl halides is 12. The Morgan fingerprint density at radius 1 is 0.680 bits per heavy atom. The maximum Gasteiger partial charge on any atom is 0.573 e. The molecule has 25 heavy (non-hydrogen) atoms. The Morgan fingerprint density at radius 3 is 1.52 bits per heavy atom. The standard InChI is InChI=1S/C11H3ClF12O/c12-5-1-4(2-6(3-5)25-11(22,23)24)7(13,9(16,17)18)8(14,15)10(19,20)21/h1-3H. The van der Waals surface area contributed by atoms with E-state index in [1.165, 1.54) is 0 Å². The van der Waals surface area contributed by atoms with Gasteiger partial charge in [-0.1, -0.05) is 11.6 Å². The summed E-state index contributed by atoms with van der Waals surface area (Å²) >= 11 is 5.09. The molecule has 14 heteroatoms. The summed E-state index contributed by atoms with van der Waals surface area (Å²) in [5.74, 6) is -8.77. The summed E-state index contributed by atoms with van der Waals surface area (Å²) in [6.45, 7) is 0. The van der Waals surface area contributed by atoms with E-state index in [0.717, 1.165) is 0 Å². The predicted molar refractivity (Wildman–Crippen MR) is 58.0 cm³/mol. The second-order valence-electron chi connectivity index (χ2n) is 4.45. The first kappa shape index (κ1) is 21.5. The van der Waals surface area contributed by atoms with Crippen molar-refractivity contribution in [2.24, 2.45) is 0 Å². The van der Waals surface area contributed by atoms with Gasteiger partial charge in [0.25, 0.3) is 0 Å². The lowest BCUT2D eigenvalue weighted by molar-refractivity contribution is -0.389. The maximum absolute atomic E-state index is 14.1. The molecule has 1 atom stereocenters. The first-order chi connectivity index (χ1) is 10.8. The Morgan fingerprint density at radius 2 is 1.16 bits per heavy atom. The van der Waals surface area contributed by atoms with Crippen LogP contribution in [0.25, 0.3) is 0 Å². The van der Waals surface area contributed by atoms with Gasteiger partial charge in [-0.15, -0.1) is 13.2 Å². The third-order valence-corrected chi connectivity index (χ3v) is 2.90. The zero-order chi connectivity index (χ0) is 20.1. The van der Waals surface area contributed by atoms with E-state index >= 15 is 0 Å². The second-order valence-corrected chi connectivity index (χ2v) is 4.89. The lowest BCUT2D eigenvalue weighted by Crippen LogP contribution is -2.59. The van der Waals surface area contributed by atoms with Crippen LogP contribution >= 0.6 is 11.6 Å². The normalized spacial score (nSPS) is 16.5. The van der Waals surface area contributed by atoms with Crippen molar-refractivity contribution in [3.63, 3.8) is 0 Å². The summed E-state index contributed by atoms with van der Waals surface area (Å²) in [4.78, 5) is 0. The molecular formula is C11H3ClF12O. The highest BCUT2D eigenvalue weighted by Gasteiger charge is 2.81. The van der Waals surface area contributed by atoms with Crippen molar-refractivity contribution in [1.29, 1.82) is 0 Å². The number of benzene rings is 1.